The summed E-state index contributed by atoms with van der Waals surface area (Å²) < 4.78 is 96.7. The minimum Gasteiger partial charge on any atom is -0.496 e. The molecule has 0 spiro atoms. The number of anilines is 1. The van der Waals surface area contributed by atoms with E-state index in [1.807, 2.05) is 0 Å². The molecule has 2 aromatic carbocycles. The number of benzene rings is 2. The molecule has 0 saturated carbocycles. The summed E-state index contributed by atoms with van der Waals surface area (Å²) in [7, 11) is -3.20. The molecule has 0 bridgehead atoms. The Morgan fingerprint density at radius 3 is 2.07 bits per heavy atom. The zero-order valence-electron chi connectivity index (χ0n) is 23.2. The lowest BCUT2D eigenvalue weighted by molar-refractivity contribution is -0.137. The second-order valence-electron chi connectivity index (χ2n) is 10.9. The fourth-order valence-electron chi connectivity index (χ4n) is 3.90. The lowest BCUT2D eigenvalue weighted by Crippen LogP contribution is -2.42. The Morgan fingerprint density at radius 1 is 0.976 bits per heavy atom. The van der Waals surface area contributed by atoms with E-state index in [1.54, 1.807) is 41.5 Å². The highest BCUT2D eigenvalue weighted by Crippen LogP contribution is 2.56. The van der Waals surface area contributed by atoms with Crippen LogP contribution < -0.4 is 9.64 Å². The number of phosphoric ester groups is 1. The molecule has 3 rings (SSSR count). The number of rotatable bonds is 7. The number of carbonyl (C=O) groups excluding carboxylic acids is 2. The predicted molar refractivity (Wildman–Crippen MR) is 141 cm³/mol. The van der Waals surface area contributed by atoms with Gasteiger partial charge in [-0.3, -0.25) is 13.8 Å². The van der Waals surface area contributed by atoms with E-state index in [9.17, 15) is 27.3 Å². The van der Waals surface area contributed by atoms with Crippen LogP contribution in [0.25, 0.3) is 0 Å². The topological polar surface area (TPSA) is 101 Å². The third-order valence-corrected chi connectivity index (χ3v) is 7.51. The molecular weight excluding hydrogens is 597 g/mol. The van der Waals surface area contributed by atoms with Gasteiger partial charge in [0.1, 0.15) is 5.75 Å². The van der Waals surface area contributed by atoms with Gasteiger partial charge >= 0.3 is 20.1 Å². The zero-order valence-corrected chi connectivity index (χ0v) is 24.9. The second kappa shape index (κ2) is 11.2. The van der Waals surface area contributed by atoms with Crippen molar-refractivity contribution in [3.05, 3.63) is 58.1 Å². The van der Waals surface area contributed by atoms with Gasteiger partial charge in [-0.15, -0.1) is 0 Å². The lowest BCUT2D eigenvalue weighted by atomic mass is 9.88. The first-order chi connectivity index (χ1) is 18.6. The standard InChI is InChI=1S/C26H29ClF4NO8P/c1-23(2,3)39-41(35,40-24(4,5)6)38-14-37-22(34)32-19-12-15(26(29,30)31)8-10-17(19)25(28,21(32)33)18-13-16(27)9-11-20(18)36-7/h8-13H,14H2,1-7H3/t25-/m0/s1. The van der Waals surface area contributed by atoms with Crippen LogP contribution in [0.5, 0.6) is 5.75 Å². The third kappa shape index (κ3) is 7.21. The van der Waals surface area contributed by atoms with Crippen molar-refractivity contribution in [3.8, 4) is 5.75 Å². The highest BCUT2D eigenvalue weighted by Gasteiger charge is 2.58. The van der Waals surface area contributed by atoms with Crippen molar-refractivity contribution in [2.75, 3.05) is 18.8 Å². The molecule has 0 N–H and O–H groups in total. The number of halogens is 5. The summed E-state index contributed by atoms with van der Waals surface area (Å²) in [6.07, 6.45) is -6.51. The van der Waals surface area contributed by atoms with Crippen molar-refractivity contribution in [2.24, 2.45) is 0 Å². The third-order valence-electron chi connectivity index (χ3n) is 5.31. The molecule has 0 saturated heterocycles. The van der Waals surface area contributed by atoms with Crippen LogP contribution in [0.3, 0.4) is 0 Å². The summed E-state index contributed by atoms with van der Waals surface area (Å²) in [5.41, 5.74) is -8.31. The summed E-state index contributed by atoms with van der Waals surface area (Å²) in [6.45, 7) is 8.23. The fourth-order valence-corrected chi connectivity index (χ4v) is 5.74. The number of ether oxygens (including phenoxy) is 2. The maximum Gasteiger partial charge on any atom is 0.478 e. The maximum atomic E-state index is 16.8. The van der Waals surface area contributed by atoms with E-state index < -0.39 is 72.0 Å². The Morgan fingerprint density at radius 2 is 1.56 bits per heavy atom. The molecule has 2 amide bonds. The van der Waals surface area contributed by atoms with E-state index >= 15 is 4.39 Å². The molecule has 1 atom stereocenters. The van der Waals surface area contributed by atoms with Gasteiger partial charge in [-0.1, -0.05) is 17.7 Å². The number of fused-ring (bicyclic) bond motifs is 1. The van der Waals surface area contributed by atoms with E-state index in [0.29, 0.717) is 12.1 Å². The van der Waals surface area contributed by atoms with E-state index in [0.717, 1.165) is 12.1 Å². The molecule has 15 heteroatoms. The molecule has 0 aliphatic carbocycles. The van der Waals surface area contributed by atoms with Gasteiger partial charge in [0.15, 0.2) is 0 Å². The fraction of sp³-hybridized carbons (Fsp3) is 0.462. The molecule has 226 valence electrons. The Bertz CT molecular complexity index is 1370. The maximum absolute atomic E-state index is 16.8. The molecule has 2 aromatic rings. The molecule has 1 aliphatic heterocycles. The number of phosphoric acid groups is 1. The van der Waals surface area contributed by atoms with Crippen LogP contribution in [-0.2, 0) is 39.5 Å². The van der Waals surface area contributed by atoms with Crippen molar-refractivity contribution in [1.29, 1.82) is 0 Å². The molecule has 0 fully saturated rings. The number of alkyl halides is 4. The first kappa shape index (κ1) is 32.8. The van der Waals surface area contributed by atoms with Gasteiger partial charge in [-0.25, -0.2) is 23.2 Å². The first-order valence-electron chi connectivity index (χ1n) is 12.0. The zero-order chi connectivity index (χ0) is 31.2. The molecule has 1 heterocycles. The molecule has 0 unspecified atom stereocenters. The molecular formula is C26H29ClF4NO8P. The Hall–Kier alpha value is -2.70. The van der Waals surface area contributed by atoms with Crippen molar-refractivity contribution < 1.29 is 54.8 Å². The molecule has 41 heavy (non-hydrogen) atoms. The van der Waals surface area contributed by atoms with Crippen LogP contribution in [0.2, 0.25) is 5.02 Å². The summed E-state index contributed by atoms with van der Waals surface area (Å²) in [4.78, 5) is 26.7. The average molecular weight is 626 g/mol. The van der Waals surface area contributed by atoms with E-state index in [4.69, 9.17) is 34.6 Å². The highest BCUT2D eigenvalue weighted by atomic mass is 35.5. The van der Waals surface area contributed by atoms with Gasteiger partial charge < -0.3 is 9.47 Å². The van der Waals surface area contributed by atoms with Crippen LogP contribution >= 0.6 is 19.4 Å². The van der Waals surface area contributed by atoms with E-state index in [-0.39, 0.29) is 15.7 Å². The summed E-state index contributed by atoms with van der Waals surface area (Å²) in [5, 5.41) is -0.0121. The van der Waals surface area contributed by atoms with Gasteiger partial charge in [0, 0.05) is 16.1 Å². The number of methoxy groups -OCH3 is 1. The van der Waals surface area contributed by atoms with Gasteiger partial charge in [0.25, 0.3) is 5.91 Å². The van der Waals surface area contributed by atoms with Crippen molar-refractivity contribution in [2.45, 2.75) is 64.6 Å². The summed E-state index contributed by atoms with van der Waals surface area (Å²) >= 11 is 6.02. The van der Waals surface area contributed by atoms with Crippen molar-refractivity contribution in [1.82, 2.24) is 0 Å². The lowest BCUT2D eigenvalue weighted by Gasteiger charge is -2.30. The van der Waals surface area contributed by atoms with Gasteiger partial charge in [-0.2, -0.15) is 13.2 Å². The van der Waals surface area contributed by atoms with Crippen LogP contribution in [0.1, 0.15) is 58.2 Å². The van der Waals surface area contributed by atoms with Crippen LogP contribution in [-0.4, -0.2) is 37.1 Å². The number of amides is 2. The summed E-state index contributed by atoms with van der Waals surface area (Å²) in [5.74, 6) is -1.76. The number of hydrogen-bond donors (Lipinski definition) is 0. The molecule has 0 radical (unpaired) electrons. The van der Waals surface area contributed by atoms with Gasteiger partial charge in [0.05, 0.1) is 29.6 Å². The van der Waals surface area contributed by atoms with E-state index in [1.165, 1.54) is 19.2 Å². The summed E-state index contributed by atoms with van der Waals surface area (Å²) in [6, 6.07) is 5.40. The van der Waals surface area contributed by atoms with E-state index in [2.05, 4.69) is 0 Å². The molecule has 9 nitrogen and oxygen atoms in total. The highest BCUT2D eigenvalue weighted by molar-refractivity contribution is 7.48. The molecule has 1 aliphatic rings. The number of carbonyl (C=O) groups is 2. The normalized spacial score (nSPS) is 18.0. The quantitative estimate of drug-likeness (QED) is 0.175. The number of hydrogen-bond acceptors (Lipinski definition) is 8. The number of imide groups is 1. The first-order valence-corrected chi connectivity index (χ1v) is 13.9. The second-order valence-corrected chi connectivity index (χ2v) is 12.8. The Kier molecular flexibility index (Phi) is 8.95. The van der Waals surface area contributed by atoms with Crippen molar-refractivity contribution >= 4 is 37.1 Å². The van der Waals surface area contributed by atoms with Gasteiger partial charge in [0.2, 0.25) is 12.5 Å². The monoisotopic (exact) mass is 625 g/mol. The minimum absolute atomic E-state index is 0.0121. The van der Waals surface area contributed by atoms with Gasteiger partial charge in [-0.05, 0) is 71.9 Å². The van der Waals surface area contributed by atoms with Crippen LogP contribution in [0.4, 0.5) is 28.0 Å². The Balaban J connectivity index is 2.02. The molecule has 0 aromatic heterocycles. The van der Waals surface area contributed by atoms with Crippen LogP contribution in [0.15, 0.2) is 36.4 Å². The van der Waals surface area contributed by atoms with Crippen LogP contribution in [0, 0.1) is 0 Å². The SMILES string of the molecule is COc1ccc(Cl)cc1[C@]1(F)C(=O)N(C(=O)OCOP(=O)(OC(C)(C)C)OC(C)(C)C)c2cc(C(F)(F)F)ccc21. The number of nitrogens with zero attached hydrogens (tertiary/aromatic N) is 1. The Labute approximate surface area is 239 Å². The minimum atomic E-state index is -4.90. The predicted octanol–water partition coefficient (Wildman–Crippen LogP) is 7.78. The largest absolute Gasteiger partial charge is 0.496 e. The van der Waals surface area contributed by atoms with Crippen molar-refractivity contribution in [3.63, 3.8) is 0 Å². The average Bonchev–Trinajstić information content (AvgIpc) is 3.02. The smallest absolute Gasteiger partial charge is 0.478 e.